The SMILES string of the molecule is CO/C=C(/C(=O)OC)c1ccccc1CO/N=C(\C)C1CC1(C)C1=CC=C(F)C(C)(C)C1. The number of benzene rings is 1. The third kappa shape index (κ3) is 4.79. The van der Waals surface area contributed by atoms with Gasteiger partial charge in [-0.1, -0.05) is 61.8 Å². The second-order valence-corrected chi connectivity index (χ2v) is 9.36. The minimum absolute atomic E-state index is 0.0113. The lowest BCUT2D eigenvalue weighted by Crippen LogP contribution is -2.21. The Balaban J connectivity index is 1.69. The van der Waals surface area contributed by atoms with Gasteiger partial charge in [-0.25, -0.2) is 9.18 Å². The fourth-order valence-electron chi connectivity index (χ4n) is 4.37. The molecule has 1 aromatic carbocycles. The molecule has 5 nitrogen and oxygen atoms in total. The zero-order valence-corrected chi connectivity index (χ0v) is 19.7. The van der Waals surface area contributed by atoms with Crippen LogP contribution in [0.4, 0.5) is 4.39 Å². The molecule has 0 spiro atoms. The van der Waals surface area contributed by atoms with Crippen LogP contribution in [0.25, 0.3) is 5.57 Å². The van der Waals surface area contributed by atoms with Crippen LogP contribution in [0.1, 0.15) is 51.7 Å². The van der Waals surface area contributed by atoms with Crippen LogP contribution >= 0.6 is 0 Å². The van der Waals surface area contributed by atoms with Crippen LogP contribution in [0.3, 0.4) is 0 Å². The normalized spacial score (nSPS) is 24.9. The monoisotopic (exact) mass is 441 g/mol. The van der Waals surface area contributed by atoms with Crippen molar-refractivity contribution in [2.24, 2.45) is 21.9 Å². The summed E-state index contributed by atoms with van der Waals surface area (Å²) in [7, 11) is 2.81. The molecule has 32 heavy (non-hydrogen) atoms. The highest BCUT2D eigenvalue weighted by molar-refractivity contribution is 6.16. The number of halogens is 1. The summed E-state index contributed by atoms with van der Waals surface area (Å²) in [4.78, 5) is 17.8. The van der Waals surface area contributed by atoms with Gasteiger partial charge < -0.3 is 14.3 Å². The van der Waals surface area contributed by atoms with Crippen LogP contribution < -0.4 is 0 Å². The highest BCUT2D eigenvalue weighted by Crippen LogP contribution is 2.61. The minimum atomic E-state index is -0.484. The number of methoxy groups -OCH3 is 2. The third-order valence-electron chi connectivity index (χ3n) is 6.56. The Bertz CT molecular complexity index is 1000. The maximum absolute atomic E-state index is 14.1. The van der Waals surface area contributed by atoms with Gasteiger partial charge in [-0.05, 0) is 36.8 Å². The lowest BCUT2D eigenvalue weighted by atomic mass is 9.75. The van der Waals surface area contributed by atoms with Crippen molar-refractivity contribution in [3.8, 4) is 0 Å². The number of hydrogen-bond acceptors (Lipinski definition) is 5. The van der Waals surface area contributed by atoms with E-state index in [1.165, 1.54) is 26.1 Å². The Morgan fingerprint density at radius 3 is 2.59 bits per heavy atom. The Hall–Kier alpha value is -2.89. The molecular weight excluding hydrogens is 409 g/mol. The van der Waals surface area contributed by atoms with Crippen molar-refractivity contribution < 1.29 is 23.5 Å². The van der Waals surface area contributed by atoms with Crippen LogP contribution in [0, 0.1) is 16.7 Å². The fraction of sp³-hybridized carbons (Fsp3) is 0.462. The molecule has 0 N–H and O–H groups in total. The number of carbonyl (C=O) groups is 1. The molecule has 0 bridgehead atoms. The second-order valence-electron chi connectivity index (χ2n) is 9.36. The van der Waals surface area contributed by atoms with E-state index in [1.807, 2.05) is 51.1 Å². The first kappa shape index (κ1) is 23.8. The standard InChI is InChI=1S/C26H32FNO4/c1-17(22-14-26(22,4)19-11-12-23(27)25(2,3)13-19)28-32-15-18-9-7-8-10-20(18)21(16-30-5)24(29)31-6/h7-12,16,22H,13-15H2,1-6H3/b21-16+,28-17+. The molecule has 2 atom stereocenters. The van der Waals surface area contributed by atoms with E-state index in [0.717, 1.165) is 17.7 Å². The van der Waals surface area contributed by atoms with Crippen LogP contribution in [0.2, 0.25) is 0 Å². The lowest BCUT2D eigenvalue weighted by molar-refractivity contribution is -0.133. The predicted molar refractivity (Wildman–Crippen MR) is 123 cm³/mol. The summed E-state index contributed by atoms with van der Waals surface area (Å²) in [5.41, 5.74) is 3.50. The Morgan fingerprint density at radius 2 is 1.94 bits per heavy atom. The van der Waals surface area contributed by atoms with Crippen molar-refractivity contribution in [2.75, 3.05) is 14.2 Å². The van der Waals surface area contributed by atoms with Gasteiger partial charge in [0, 0.05) is 16.9 Å². The van der Waals surface area contributed by atoms with Gasteiger partial charge in [0.05, 0.1) is 26.2 Å². The Kier molecular flexibility index (Phi) is 6.91. The minimum Gasteiger partial charge on any atom is -0.503 e. The summed E-state index contributed by atoms with van der Waals surface area (Å²) in [5.74, 6) is -0.279. The molecule has 2 aliphatic carbocycles. The molecule has 6 heteroatoms. The molecule has 0 aromatic heterocycles. The quantitative estimate of drug-likeness (QED) is 0.164. The number of allylic oxidation sites excluding steroid dienone is 4. The molecule has 172 valence electrons. The van der Waals surface area contributed by atoms with Crippen LogP contribution in [-0.4, -0.2) is 25.9 Å². The van der Waals surface area contributed by atoms with E-state index < -0.39 is 11.4 Å². The molecule has 1 aromatic rings. The van der Waals surface area contributed by atoms with Crippen molar-refractivity contribution in [1.29, 1.82) is 0 Å². The predicted octanol–water partition coefficient (Wildman–Crippen LogP) is 5.98. The molecule has 0 saturated heterocycles. The zero-order valence-electron chi connectivity index (χ0n) is 19.7. The van der Waals surface area contributed by atoms with Gasteiger partial charge in [0.2, 0.25) is 0 Å². The van der Waals surface area contributed by atoms with Crippen LogP contribution in [-0.2, 0) is 25.7 Å². The molecular formula is C26H32FNO4. The molecule has 2 unspecified atom stereocenters. The highest BCUT2D eigenvalue weighted by atomic mass is 19.1. The fourth-order valence-corrected chi connectivity index (χ4v) is 4.37. The van der Waals surface area contributed by atoms with Crippen molar-refractivity contribution in [2.45, 2.75) is 47.1 Å². The summed E-state index contributed by atoms with van der Waals surface area (Å²) in [5, 5.41) is 4.37. The second kappa shape index (κ2) is 9.31. The molecule has 3 rings (SSSR count). The van der Waals surface area contributed by atoms with Crippen molar-refractivity contribution in [1.82, 2.24) is 0 Å². The van der Waals surface area contributed by atoms with E-state index in [9.17, 15) is 9.18 Å². The van der Waals surface area contributed by atoms with E-state index in [0.29, 0.717) is 17.6 Å². The van der Waals surface area contributed by atoms with E-state index in [4.69, 9.17) is 14.3 Å². The van der Waals surface area contributed by atoms with Crippen LogP contribution in [0.5, 0.6) is 0 Å². The topological polar surface area (TPSA) is 57.1 Å². The summed E-state index contributed by atoms with van der Waals surface area (Å²) >= 11 is 0. The maximum atomic E-state index is 14.1. The van der Waals surface area contributed by atoms with Crippen LogP contribution in [0.15, 0.2) is 59.2 Å². The number of carbonyl (C=O) groups excluding carboxylic acids is 1. The largest absolute Gasteiger partial charge is 0.503 e. The van der Waals surface area contributed by atoms with E-state index >= 15 is 0 Å². The number of rotatable bonds is 8. The Morgan fingerprint density at radius 1 is 1.22 bits per heavy atom. The van der Waals surface area contributed by atoms with Crippen molar-refractivity contribution in [3.63, 3.8) is 0 Å². The van der Waals surface area contributed by atoms with Gasteiger partial charge in [0.1, 0.15) is 18.0 Å². The smallest absolute Gasteiger partial charge is 0.341 e. The number of ether oxygens (including phenoxy) is 2. The molecule has 2 aliphatic rings. The average molecular weight is 442 g/mol. The van der Waals surface area contributed by atoms with Gasteiger partial charge in [-0.3, -0.25) is 0 Å². The number of nitrogens with zero attached hydrogens (tertiary/aromatic N) is 1. The number of hydrogen-bond donors (Lipinski definition) is 0. The average Bonchev–Trinajstić information content (AvgIpc) is 3.47. The van der Waals surface area contributed by atoms with Gasteiger partial charge in [0.25, 0.3) is 0 Å². The number of esters is 1. The summed E-state index contributed by atoms with van der Waals surface area (Å²) in [6.45, 7) is 8.27. The van der Waals surface area contributed by atoms with Crippen molar-refractivity contribution in [3.05, 3.63) is 65.2 Å². The van der Waals surface area contributed by atoms with Crippen molar-refractivity contribution >= 4 is 17.3 Å². The van der Waals surface area contributed by atoms with Gasteiger partial charge >= 0.3 is 5.97 Å². The first-order valence-electron chi connectivity index (χ1n) is 10.8. The Labute approximate surface area is 189 Å². The molecule has 0 aliphatic heterocycles. The maximum Gasteiger partial charge on any atom is 0.341 e. The summed E-state index contributed by atoms with van der Waals surface area (Å²) < 4.78 is 24.0. The molecule has 1 fully saturated rings. The van der Waals surface area contributed by atoms with Gasteiger partial charge in [-0.2, -0.15) is 0 Å². The lowest BCUT2D eigenvalue weighted by Gasteiger charge is -2.30. The first-order chi connectivity index (χ1) is 15.1. The van der Waals surface area contributed by atoms with E-state index in [2.05, 4.69) is 12.1 Å². The zero-order chi connectivity index (χ0) is 23.5. The first-order valence-corrected chi connectivity index (χ1v) is 10.8. The molecule has 0 radical (unpaired) electrons. The third-order valence-corrected chi connectivity index (χ3v) is 6.56. The molecule has 1 saturated carbocycles. The van der Waals surface area contributed by atoms with Gasteiger partial charge in [-0.15, -0.1) is 0 Å². The molecule has 0 amide bonds. The number of oxime groups is 1. The molecule has 0 heterocycles. The van der Waals surface area contributed by atoms with E-state index in [-0.39, 0.29) is 23.8 Å². The van der Waals surface area contributed by atoms with Gasteiger partial charge in [0.15, 0.2) is 0 Å². The highest BCUT2D eigenvalue weighted by Gasteiger charge is 2.55. The summed E-state index contributed by atoms with van der Waals surface area (Å²) in [6.07, 6.45) is 6.59. The van der Waals surface area contributed by atoms with E-state index in [1.54, 1.807) is 6.08 Å². The summed E-state index contributed by atoms with van der Waals surface area (Å²) in [6, 6.07) is 7.41.